The quantitative estimate of drug-likeness (QED) is 0.753. The fourth-order valence-electron chi connectivity index (χ4n) is 3.56. The van der Waals surface area contributed by atoms with Crippen LogP contribution < -0.4 is 9.47 Å². The number of aromatic hydroxyl groups is 1. The highest BCUT2D eigenvalue weighted by atomic mass is 16.5. The second-order valence-corrected chi connectivity index (χ2v) is 7.13. The van der Waals surface area contributed by atoms with E-state index in [-0.39, 0.29) is 23.1 Å². The standard InChI is InChI=1S/C23H25NO6/c1-29-18-7-5-16(6-8-18)22(26)24-11-9-15(10-12-24)3-4-17-13-19(30-2)14-20(25)21(17)23(27)28/h3-8,13-15,25H,9-12H2,1-2H3,(H,27,28). The van der Waals surface area contributed by atoms with E-state index in [0.717, 1.165) is 12.8 Å². The molecule has 30 heavy (non-hydrogen) atoms. The molecule has 7 nitrogen and oxygen atoms in total. The van der Waals surface area contributed by atoms with E-state index in [9.17, 15) is 19.8 Å². The van der Waals surface area contributed by atoms with Crippen LogP contribution in [-0.2, 0) is 0 Å². The molecular formula is C23H25NO6. The number of piperidine rings is 1. The van der Waals surface area contributed by atoms with Crippen LogP contribution in [0.5, 0.6) is 17.2 Å². The summed E-state index contributed by atoms with van der Waals surface area (Å²) in [6.07, 6.45) is 5.20. The van der Waals surface area contributed by atoms with Gasteiger partial charge in [0, 0.05) is 24.7 Å². The molecule has 1 aliphatic heterocycles. The fourth-order valence-corrected chi connectivity index (χ4v) is 3.56. The van der Waals surface area contributed by atoms with Crippen LogP contribution in [0.1, 0.15) is 39.1 Å². The van der Waals surface area contributed by atoms with Crippen LogP contribution >= 0.6 is 0 Å². The van der Waals surface area contributed by atoms with Gasteiger partial charge in [-0.15, -0.1) is 0 Å². The van der Waals surface area contributed by atoms with E-state index in [1.54, 1.807) is 43.5 Å². The minimum absolute atomic E-state index is 0.00837. The average molecular weight is 411 g/mol. The van der Waals surface area contributed by atoms with Crippen LogP contribution in [0.25, 0.3) is 6.08 Å². The van der Waals surface area contributed by atoms with Crippen molar-refractivity contribution in [1.82, 2.24) is 4.90 Å². The number of phenols is 1. The number of rotatable bonds is 6. The smallest absolute Gasteiger partial charge is 0.340 e. The molecule has 0 radical (unpaired) electrons. The van der Waals surface area contributed by atoms with Crippen LogP contribution in [-0.4, -0.2) is 54.3 Å². The summed E-state index contributed by atoms with van der Waals surface area (Å²) in [4.78, 5) is 26.0. The number of carboxylic acid groups (broad SMARTS) is 1. The predicted octanol–water partition coefficient (Wildman–Crippen LogP) is 3.67. The van der Waals surface area contributed by atoms with Crippen molar-refractivity contribution >= 4 is 18.0 Å². The Balaban J connectivity index is 1.66. The summed E-state index contributed by atoms with van der Waals surface area (Å²) in [5, 5.41) is 19.4. The van der Waals surface area contributed by atoms with E-state index in [0.29, 0.717) is 35.7 Å². The van der Waals surface area contributed by atoms with Gasteiger partial charge in [0.15, 0.2) is 0 Å². The normalized spacial score (nSPS) is 14.7. The van der Waals surface area contributed by atoms with Gasteiger partial charge in [-0.3, -0.25) is 4.79 Å². The highest BCUT2D eigenvalue weighted by molar-refractivity contribution is 5.96. The van der Waals surface area contributed by atoms with Crippen LogP contribution in [0.2, 0.25) is 0 Å². The van der Waals surface area contributed by atoms with Crippen molar-refractivity contribution in [3.8, 4) is 17.2 Å². The average Bonchev–Trinajstić information content (AvgIpc) is 2.76. The van der Waals surface area contributed by atoms with E-state index in [1.165, 1.54) is 13.2 Å². The molecule has 2 aromatic rings. The molecule has 0 unspecified atom stereocenters. The molecule has 3 rings (SSSR count). The van der Waals surface area contributed by atoms with Gasteiger partial charge < -0.3 is 24.6 Å². The van der Waals surface area contributed by atoms with E-state index >= 15 is 0 Å². The van der Waals surface area contributed by atoms with Crippen molar-refractivity contribution in [2.75, 3.05) is 27.3 Å². The van der Waals surface area contributed by atoms with E-state index in [4.69, 9.17) is 9.47 Å². The van der Waals surface area contributed by atoms with Gasteiger partial charge in [-0.25, -0.2) is 4.79 Å². The first-order valence-electron chi connectivity index (χ1n) is 9.68. The van der Waals surface area contributed by atoms with Gasteiger partial charge >= 0.3 is 5.97 Å². The summed E-state index contributed by atoms with van der Waals surface area (Å²) in [5.41, 5.74) is 0.859. The molecule has 0 aromatic heterocycles. The largest absolute Gasteiger partial charge is 0.507 e. The number of hydrogen-bond donors (Lipinski definition) is 2. The molecule has 0 bridgehead atoms. The number of benzene rings is 2. The maximum Gasteiger partial charge on any atom is 0.340 e. The molecule has 2 N–H and O–H groups in total. The third kappa shape index (κ3) is 4.74. The molecule has 1 heterocycles. The Morgan fingerprint density at radius 3 is 2.23 bits per heavy atom. The predicted molar refractivity (Wildman–Crippen MR) is 112 cm³/mol. The zero-order valence-corrected chi connectivity index (χ0v) is 17.0. The maximum absolute atomic E-state index is 12.7. The Kier molecular flexibility index (Phi) is 6.61. The number of amides is 1. The molecule has 1 amide bonds. The number of ether oxygens (including phenoxy) is 2. The van der Waals surface area contributed by atoms with Crippen LogP contribution in [0.15, 0.2) is 42.5 Å². The van der Waals surface area contributed by atoms with E-state index in [1.807, 2.05) is 11.0 Å². The first-order chi connectivity index (χ1) is 14.4. The van der Waals surface area contributed by atoms with Crippen LogP contribution in [0.3, 0.4) is 0 Å². The van der Waals surface area contributed by atoms with Gasteiger partial charge in [-0.2, -0.15) is 0 Å². The van der Waals surface area contributed by atoms with Gasteiger partial charge in [0.25, 0.3) is 5.91 Å². The van der Waals surface area contributed by atoms with Crippen molar-refractivity contribution in [2.24, 2.45) is 5.92 Å². The first-order valence-corrected chi connectivity index (χ1v) is 9.68. The Bertz CT molecular complexity index is 943. The molecule has 0 saturated carbocycles. The molecule has 0 aliphatic carbocycles. The molecular weight excluding hydrogens is 386 g/mol. The summed E-state index contributed by atoms with van der Waals surface area (Å²) in [6.45, 7) is 1.24. The number of carboxylic acids is 1. The monoisotopic (exact) mass is 411 g/mol. The van der Waals surface area contributed by atoms with E-state index in [2.05, 4.69) is 0 Å². The fraction of sp³-hybridized carbons (Fsp3) is 0.304. The Morgan fingerprint density at radius 2 is 1.67 bits per heavy atom. The summed E-state index contributed by atoms with van der Waals surface area (Å²) >= 11 is 0. The second kappa shape index (κ2) is 9.35. The topological polar surface area (TPSA) is 96.3 Å². The summed E-state index contributed by atoms with van der Waals surface area (Å²) in [6, 6.07) is 9.93. The third-order valence-electron chi connectivity index (χ3n) is 5.28. The van der Waals surface area contributed by atoms with Crippen LogP contribution in [0, 0.1) is 5.92 Å². The van der Waals surface area contributed by atoms with E-state index < -0.39 is 5.97 Å². The lowest BCUT2D eigenvalue weighted by Gasteiger charge is -2.31. The number of methoxy groups -OCH3 is 2. The highest BCUT2D eigenvalue weighted by Crippen LogP contribution is 2.30. The zero-order valence-electron chi connectivity index (χ0n) is 17.0. The zero-order chi connectivity index (χ0) is 21.7. The summed E-state index contributed by atoms with van der Waals surface area (Å²) in [5.74, 6) is -0.237. The third-order valence-corrected chi connectivity index (χ3v) is 5.28. The van der Waals surface area contributed by atoms with Gasteiger partial charge in [-0.05, 0) is 54.7 Å². The van der Waals surface area contributed by atoms with Crippen molar-refractivity contribution in [3.05, 3.63) is 59.2 Å². The lowest BCUT2D eigenvalue weighted by Crippen LogP contribution is -2.38. The van der Waals surface area contributed by atoms with Crippen molar-refractivity contribution < 1.29 is 29.3 Å². The minimum atomic E-state index is -1.20. The molecule has 0 atom stereocenters. The maximum atomic E-state index is 12.7. The molecule has 0 spiro atoms. The number of hydrogen-bond acceptors (Lipinski definition) is 5. The van der Waals surface area contributed by atoms with Crippen LogP contribution in [0.4, 0.5) is 0 Å². The number of nitrogens with zero attached hydrogens (tertiary/aromatic N) is 1. The lowest BCUT2D eigenvalue weighted by atomic mass is 9.94. The molecule has 1 fully saturated rings. The Morgan fingerprint density at radius 1 is 1.03 bits per heavy atom. The number of carbonyl (C=O) groups excluding carboxylic acids is 1. The van der Waals surface area contributed by atoms with Gasteiger partial charge in [0.1, 0.15) is 22.8 Å². The number of likely N-dealkylation sites (tertiary alicyclic amines) is 1. The highest BCUT2D eigenvalue weighted by Gasteiger charge is 2.23. The van der Waals surface area contributed by atoms with Gasteiger partial charge in [-0.1, -0.05) is 12.2 Å². The molecule has 158 valence electrons. The SMILES string of the molecule is COc1ccc(C(=O)N2CCC(C=Cc3cc(OC)cc(O)c3C(=O)O)CC2)cc1. The van der Waals surface area contributed by atoms with Crippen molar-refractivity contribution in [2.45, 2.75) is 12.8 Å². The number of carbonyl (C=O) groups is 2. The Hall–Kier alpha value is -3.48. The summed E-state index contributed by atoms with van der Waals surface area (Å²) in [7, 11) is 3.04. The van der Waals surface area contributed by atoms with Gasteiger partial charge in [0.2, 0.25) is 0 Å². The van der Waals surface area contributed by atoms with Crippen molar-refractivity contribution in [1.29, 1.82) is 0 Å². The van der Waals surface area contributed by atoms with Gasteiger partial charge in [0.05, 0.1) is 14.2 Å². The lowest BCUT2D eigenvalue weighted by molar-refractivity contribution is 0.0687. The minimum Gasteiger partial charge on any atom is -0.507 e. The molecule has 1 saturated heterocycles. The number of aromatic carboxylic acids is 1. The second-order valence-electron chi connectivity index (χ2n) is 7.13. The summed E-state index contributed by atoms with van der Waals surface area (Å²) < 4.78 is 10.2. The molecule has 7 heteroatoms. The molecule has 1 aliphatic rings. The Labute approximate surface area is 175 Å². The number of allylic oxidation sites excluding steroid dienone is 1. The first kappa shape index (κ1) is 21.2. The van der Waals surface area contributed by atoms with Crippen molar-refractivity contribution in [3.63, 3.8) is 0 Å². The molecule has 2 aromatic carbocycles.